The van der Waals surface area contributed by atoms with Crippen molar-refractivity contribution in [3.05, 3.63) is 0 Å². The highest BCUT2D eigenvalue weighted by Gasteiger charge is 2.33. The van der Waals surface area contributed by atoms with E-state index in [0.717, 1.165) is 6.04 Å². The second kappa shape index (κ2) is 2.27. The summed E-state index contributed by atoms with van der Waals surface area (Å²) in [6.07, 6.45) is 5.66. The SMILES string of the molecule is C1CCNN2CC2CC1. The minimum absolute atomic E-state index is 0.908. The first-order valence-corrected chi connectivity index (χ1v) is 3.97. The lowest BCUT2D eigenvalue weighted by Gasteiger charge is -2.09. The first-order chi connectivity index (χ1) is 4.47. The maximum Gasteiger partial charge on any atom is 0.0385 e. The standard InChI is InChI=1S/C7H14N2/c1-2-4-7-6-9(7)8-5-3-1/h7-8H,1-6H2. The largest absolute Gasteiger partial charge is 0.255 e. The molecule has 0 bridgehead atoms. The van der Waals surface area contributed by atoms with E-state index in [0.29, 0.717) is 0 Å². The molecule has 0 aromatic carbocycles. The summed E-state index contributed by atoms with van der Waals surface area (Å²) >= 11 is 0. The van der Waals surface area contributed by atoms with Crippen LogP contribution >= 0.6 is 0 Å². The molecule has 0 amide bonds. The number of hydrogen-bond donors (Lipinski definition) is 1. The summed E-state index contributed by atoms with van der Waals surface area (Å²) in [5.41, 5.74) is 3.39. The van der Waals surface area contributed by atoms with Crippen LogP contribution in [0.2, 0.25) is 0 Å². The summed E-state index contributed by atoms with van der Waals surface area (Å²) in [6, 6.07) is 0.908. The minimum atomic E-state index is 0.908. The van der Waals surface area contributed by atoms with Gasteiger partial charge in [-0.2, -0.15) is 0 Å². The highest BCUT2D eigenvalue weighted by Crippen LogP contribution is 2.22. The maximum absolute atomic E-state index is 3.39. The van der Waals surface area contributed by atoms with Gasteiger partial charge in [0.2, 0.25) is 0 Å². The normalized spacial score (nSPS) is 42.7. The fourth-order valence-corrected chi connectivity index (χ4v) is 1.53. The van der Waals surface area contributed by atoms with Gasteiger partial charge in [-0.1, -0.05) is 12.8 Å². The van der Waals surface area contributed by atoms with Crippen molar-refractivity contribution in [2.24, 2.45) is 0 Å². The number of nitrogens with zero attached hydrogens (tertiary/aromatic N) is 1. The van der Waals surface area contributed by atoms with Crippen LogP contribution < -0.4 is 5.43 Å². The summed E-state index contributed by atoms with van der Waals surface area (Å²) in [5.74, 6) is 0. The van der Waals surface area contributed by atoms with Crippen molar-refractivity contribution < 1.29 is 0 Å². The number of hydrogen-bond acceptors (Lipinski definition) is 2. The van der Waals surface area contributed by atoms with E-state index in [4.69, 9.17) is 0 Å². The van der Waals surface area contributed by atoms with Crippen molar-refractivity contribution in [3.63, 3.8) is 0 Å². The van der Waals surface area contributed by atoms with E-state index in [2.05, 4.69) is 10.4 Å². The number of rotatable bonds is 0. The third kappa shape index (κ3) is 1.25. The minimum Gasteiger partial charge on any atom is -0.255 e. The smallest absolute Gasteiger partial charge is 0.0385 e. The van der Waals surface area contributed by atoms with Gasteiger partial charge in [-0.3, -0.25) is 5.43 Å². The van der Waals surface area contributed by atoms with Gasteiger partial charge in [0.1, 0.15) is 0 Å². The maximum atomic E-state index is 3.39. The van der Waals surface area contributed by atoms with Crippen molar-refractivity contribution in [2.45, 2.75) is 31.7 Å². The van der Waals surface area contributed by atoms with Crippen LogP contribution in [-0.2, 0) is 0 Å². The Bertz CT molecular complexity index is 91.1. The van der Waals surface area contributed by atoms with E-state index in [-0.39, 0.29) is 0 Å². The Morgan fingerprint density at radius 3 is 3.22 bits per heavy atom. The van der Waals surface area contributed by atoms with Gasteiger partial charge in [0.05, 0.1) is 0 Å². The lowest BCUT2D eigenvalue weighted by molar-refractivity contribution is 0.335. The van der Waals surface area contributed by atoms with Crippen molar-refractivity contribution in [2.75, 3.05) is 13.1 Å². The van der Waals surface area contributed by atoms with Gasteiger partial charge in [-0.25, -0.2) is 5.01 Å². The number of fused-ring (bicyclic) bond motifs is 1. The van der Waals surface area contributed by atoms with Crippen LogP contribution in [-0.4, -0.2) is 24.1 Å². The van der Waals surface area contributed by atoms with Gasteiger partial charge >= 0.3 is 0 Å². The lowest BCUT2D eigenvalue weighted by Crippen LogP contribution is -2.25. The van der Waals surface area contributed by atoms with Gasteiger partial charge < -0.3 is 0 Å². The van der Waals surface area contributed by atoms with Crippen LogP contribution in [0.25, 0.3) is 0 Å². The second-order valence-corrected chi connectivity index (χ2v) is 3.06. The van der Waals surface area contributed by atoms with E-state index in [1.165, 1.54) is 38.8 Å². The quantitative estimate of drug-likeness (QED) is 0.482. The van der Waals surface area contributed by atoms with E-state index >= 15 is 0 Å². The molecule has 2 heteroatoms. The molecule has 0 aromatic rings. The Kier molecular flexibility index (Phi) is 1.44. The average molecular weight is 126 g/mol. The molecule has 2 rings (SSSR count). The molecule has 2 unspecified atom stereocenters. The van der Waals surface area contributed by atoms with E-state index in [1.54, 1.807) is 0 Å². The van der Waals surface area contributed by atoms with E-state index in [1.807, 2.05) is 0 Å². The third-order valence-electron chi connectivity index (χ3n) is 2.24. The number of hydrazine groups is 1. The van der Waals surface area contributed by atoms with Crippen LogP contribution in [0.3, 0.4) is 0 Å². The lowest BCUT2D eigenvalue weighted by atomic mass is 10.1. The predicted molar refractivity (Wildman–Crippen MR) is 37.0 cm³/mol. The molecule has 2 aliphatic heterocycles. The van der Waals surface area contributed by atoms with Gasteiger partial charge in [0.15, 0.2) is 0 Å². The molecule has 2 aliphatic rings. The number of nitrogens with one attached hydrogen (secondary N) is 1. The molecule has 2 fully saturated rings. The molecule has 0 spiro atoms. The zero-order valence-corrected chi connectivity index (χ0v) is 5.77. The van der Waals surface area contributed by atoms with Gasteiger partial charge in [0, 0.05) is 19.1 Å². The molecule has 52 valence electrons. The zero-order chi connectivity index (χ0) is 6.10. The second-order valence-electron chi connectivity index (χ2n) is 3.06. The Hall–Kier alpha value is -0.0800. The van der Waals surface area contributed by atoms with Crippen LogP contribution in [0.4, 0.5) is 0 Å². The van der Waals surface area contributed by atoms with Crippen LogP contribution in [0, 0.1) is 0 Å². The van der Waals surface area contributed by atoms with Crippen LogP contribution in [0.15, 0.2) is 0 Å². The Morgan fingerprint density at radius 2 is 2.22 bits per heavy atom. The molecule has 1 N–H and O–H groups in total. The molecule has 2 saturated heterocycles. The Labute approximate surface area is 56.2 Å². The molecule has 2 atom stereocenters. The molecule has 9 heavy (non-hydrogen) atoms. The molecule has 2 heterocycles. The van der Waals surface area contributed by atoms with Gasteiger partial charge in [-0.15, -0.1) is 0 Å². The molecular formula is C7H14N2. The monoisotopic (exact) mass is 126 g/mol. The van der Waals surface area contributed by atoms with Crippen LogP contribution in [0.5, 0.6) is 0 Å². The van der Waals surface area contributed by atoms with Crippen LogP contribution in [0.1, 0.15) is 25.7 Å². The predicted octanol–water partition coefficient (Wildman–Crippen LogP) is 0.749. The zero-order valence-electron chi connectivity index (χ0n) is 5.77. The first kappa shape index (κ1) is 5.69. The van der Waals surface area contributed by atoms with Crippen molar-refractivity contribution >= 4 is 0 Å². The summed E-state index contributed by atoms with van der Waals surface area (Å²) in [6.45, 7) is 2.51. The topological polar surface area (TPSA) is 15.0 Å². The van der Waals surface area contributed by atoms with Crippen molar-refractivity contribution in [1.82, 2.24) is 10.4 Å². The third-order valence-corrected chi connectivity index (χ3v) is 2.24. The molecule has 0 aromatic heterocycles. The highest BCUT2D eigenvalue weighted by molar-refractivity contribution is 4.86. The summed E-state index contributed by atoms with van der Waals surface area (Å²) in [5, 5.41) is 2.36. The van der Waals surface area contributed by atoms with Crippen molar-refractivity contribution in [3.8, 4) is 0 Å². The van der Waals surface area contributed by atoms with E-state index in [9.17, 15) is 0 Å². The fraction of sp³-hybridized carbons (Fsp3) is 1.00. The molecule has 0 radical (unpaired) electrons. The molecule has 2 nitrogen and oxygen atoms in total. The van der Waals surface area contributed by atoms with Gasteiger partial charge in [0.25, 0.3) is 0 Å². The van der Waals surface area contributed by atoms with E-state index < -0.39 is 0 Å². The summed E-state index contributed by atoms with van der Waals surface area (Å²) < 4.78 is 0. The average Bonchev–Trinajstić information content (AvgIpc) is 2.46. The Balaban J connectivity index is 1.81. The summed E-state index contributed by atoms with van der Waals surface area (Å²) in [7, 11) is 0. The Morgan fingerprint density at radius 1 is 1.22 bits per heavy atom. The van der Waals surface area contributed by atoms with Gasteiger partial charge in [-0.05, 0) is 12.8 Å². The fourth-order valence-electron chi connectivity index (χ4n) is 1.53. The molecule has 0 aliphatic carbocycles. The summed E-state index contributed by atoms with van der Waals surface area (Å²) in [4.78, 5) is 0. The first-order valence-electron chi connectivity index (χ1n) is 3.97. The molecule has 0 saturated carbocycles. The van der Waals surface area contributed by atoms with Crippen molar-refractivity contribution in [1.29, 1.82) is 0 Å². The highest BCUT2D eigenvalue weighted by atomic mass is 15.6. The molecular weight excluding hydrogens is 112 g/mol.